The van der Waals surface area contributed by atoms with Crippen molar-refractivity contribution in [1.29, 1.82) is 0 Å². The lowest BCUT2D eigenvalue weighted by atomic mass is 10.1. The van der Waals surface area contributed by atoms with E-state index < -0.39 is 0 Å². The van der Waals surface area contributed by atoms with Gasteiger partial charge in [0.15, 0.2) is 5.82 Å². The highest BCUT2D eigenvalue weighted by Crippen LogP contribution is 2.18. The topological polar surface area (TPSA) is 45.2 Å². The Morgan fingerprint density at radius 3 is 2.42 bits per heavy atom. The molecule has 1 fully saturated rings. The molecule has 1 aliphatic rings. The molecule has 0 saturated carbocycles. The van der Waals surface area contributed by atoms with E-state index in [1.54, 1.807) is 6.20 Å². The third kappa shape index (κ3) is 3.78. The van der Waals surface area contributed by atoms with Crippen molar-refractivity contribution in [3.8, 4) is 0 Å². The van der Waals surface area contributed by atoms with E-state index in [0.29, 0.717) is 0 Å². The predicted molar refractivity (Wildman–Crippen MR) is 78.7 cm³/mol. The number of hydrogen-bond acceptors (Lipinski definition) is 5. The lowest BCUT2D eigenvalue weighted by molar-refractivity contribution is 0.564. The lowest BCUT2D eigenvalue weighted by Gasteiger charge is -2.28. The highest BCUT2D eigenvalue weighted by molar-refractivity contribution is 5.41. The van der Waals surface area contributed by atoms with E-state index in [-0.39, 0.29) is 0 Å². The summed E-state index contributed by atoms with van der Waals surface area (Å²) in [5, 5.41) is 8.35. The second-order valence-corrected chi connectivity index (χ2v) is 5.15. The van der Waals surface area contributed by atoms with Crippen LogP contribution in [-0.4, -0.2) is 41.4 Å². The molecule has 5 heteroatoms. The Bertz CT molecular complexity index is 370. The van der Waals surface area contributed by atoms with Gasteiger partial charge in [-0.25, -0.2) is 0 Å². The molecule has 19 heavy (non-hydrogen) atoms. The number of hydrogen-bond donors (Lipinski definition) is 0. The zero-order chi connectivity index (χ0) is 13.5. The fraction of sp³-hybridized carbons (Fsp3) is 0.786. The minimum atomic E-state index is 0.800. The Hall–Kier alpha value is -1.39. The molecule has 1 aromatic heterocycles. The molecule has 0 unspecified atom stereocenters. The van der Waals surface area contributed by atoms with Gasteiger partial charge in [0.25, 0.3) is 0 Å². The van der Waals surface area contributed by atoms with E-state index in [9.17, 15) is 0 Å². The summed E-state index contributed by atoms with van der Waals surface area (Å²) in [5.41, 5.74) is 0. The Kier molecular flexibility index (Phi) is 5.36. The van der Waals surface area contributed by atoms with E-state index in [2.05, 4.69) is 33.8 Å². The fourth-order valence-corrected chi connectivity index (χ4v) is 2.55. The molecule has 106 valence electrons. The van der Waals surface area contributed by atoms with Gasteiger partial charge in [-0.15, -0.1) is 5.10 Å². The predicted octanol–water partition coefficient (Wildman–Crippen LogP) is 2.49. The van der Waals surface area contributed by atoms with Gasteiger partial charge in [0, 0.05) is 26.2 Å². The summed E-state index contributed by atoms with van der Waals surface area (Å²) in [6.07, 6.45) is 7.84. The van der Waals surface area contributed by atoms with Crippen LogP contribution >= 0.6 is 0 Å². The first-order chi connectivity index (χ1) is 9.35. The quantitative estimate of drug-likeness (QED) is 0.789. The van der Waals surface area contributed by atoms with Crippen LogP contribution in [-0.2, 0) is 0 Å². The minimum Gasteiger partial charge on any atom is -0.355 e. The van der Waals surface area contributed by atoms with Crippen molar-refractivity contribution in [3.63, 3.8) is 0 Å². The van der Waals surface area contributed by atoms with Gasteiger partial charge >= 0.3 is 0 Å². The van der Waals surface area contributed by atoms with Crippen molar-refractivity contribution in [2.24, 2.45) is 0 Å². The molecule has 1 aliphatic heterocycles. The summed E-state index contributed by atoms with van der Waals surface area (Å²) in [7, 11) is 0. The second kappa shape index (κ2) is 7.26. The minimum absolute atomic E-state index is 0.800. The van der Waals surface area contributed by atoms with E-state index >= 15 is 0 Å². The molecule has 2 rings (SSSR count). The Morgan fingerprint density at radius 2 is 1.79 bits per heavy atom. The highest BCUT2D eigenvalue weighted by Gasteiger charge is 2.15. The van der Waals surface area contributed by atoms with Crippen molar-refractivity contribution in [1.82, 2.24) is 15.2 Å². The lowest BCUT2D eigenvalue weighted by Crippen LogP contribution is -2.32. The molecule has 2 heterocycles. The maximum absolute atomic E-state index is 4.71. The smallest absolute Gasteiger partial charge is 0.247 e. The molecule has 0 atom stereocenters. The third-order valence-corrected chi connectivity index (χ3v) is 3.48. The first kappa shape index (κ1) is 14.0. The van der Waals surface area contributed by atoms with Crippen molar-refractivity contribution in [2.75, 3.05) is 36.0 Å². The second-order valence-electron chi connectivity index (χ2n) is 5.15. The van der Waals surface area contributed by atoms with Gasteiger partial charge in [-0.1, -0.05) is 13.8 Å². The van der Waals surface area contributed by atoms with Gasteiger partial charge in [0.1, 0.15) is 0 Å². The van der Waals surface area contributed by atoms with Gasteiger partial charge < -0.3 is 9.80 Å². The van der Waals surface area contributed by atoms with Crippen LogP contribution in [0.1, 0.15) is 46.0 Å². The van der Waals surface area contributed by atoms with Crippen LogP contribution in [0.15, 0.2) is 6.20 Å². The SMILES string of the molecule is CCCN(CCC)c1cnnc(N2CCCCC2)n1. The largest absolute Gasteiger partial charge is 0.355 e. The summed E-state index contributed by atoms with van der Waals surface area (Å²) >= 11 is 0. The normalized spacial score (nSPS) is 15.6. The monoisotopic (exact) mass is 263 g/mol. The molecular weight excluding hydrogens is 238 g/mol. The number of rotatable bonds is 6. The third-order valence-electron chi connectivity index (χ3n) is 3.48. The summed E-state index contributed by atoms with van der Waals surface area (Å²) in [6.45, 7) is 8.59. The summed E-state index contributed by atoms with van der Waals surface area (Å²) in [4.78, 5) is 9.28. The van der Waals surface area contributed by atoms with E-state index in [1.807, 2.05) is 0 Å². The standard InChI is InChI=1S/C14H25N5/c1-3-8-18(9-4-2)13-12-15-17-14(16-13)19-10-6-5-7-11-19/h12H,3-11H2,1-2H3. The van der Waals surface area contributed by atoms with E-state index in [1.165, 1.54) is 19.3 Å². The van der Waals surface area contributed by atoms with Crippen LogP contribution in [0, 0.1) is 0 Å². The molecule has 1 saturated heterocycles. The van der Waals surface area contributed by atoms with Crippen LogP contribution in [0.3, 0.4) is 0 Å². The number of piperidine rings is 1. The Balaban J connectivity index is 2.12. The first-order valence-electron chi connectivity index (χ1n) is 7.54. The van der Waals surface area contributed by atoms with E-state index in [4.69, 9.17) is 4.98 Å². The van der Waals surface area contributed by atoms with E-state index in [0.717, 1.165) is 50.8 Å². The van der Waals surface area contributed by atoms with Crippen LogP contribution in [0.4, 0.5) is 11.8 Å². The maximum atomic E-state index is 4.71. The molecule has 0 aliphatic carbocycles. The maximum Gasteiger partial charge on any atom is 0.247 e. The number of nitrogens with zero attached hydrogens (tertiary/aromatic N) is 5. The molecular formula is C14H25N5. The molecule has 0 amide bonds. The van der Waals surface area contributed by atoms with Gasteiger partial charge in [-0.3, -0.25) is 0 Å². The summed E-state index contributed by atoms with van der Waals surface area (Å²) < 4.78 is 0. The van der Waals surface area contributed by atoms with Crippen molar-refractivity contribution in [2.45, 2.75) is 46.0 Å². The molecule has 0 spiro atoms. The number of anilines is 2. The summed E-state index contributed by atoms with van der Waals surface area (Å²) in [6, 6.07) is 0. The van der Waals surface area contributed by atoms with Gasteiger partial charge in [0.2, 0.25) is 5.95 Å². The number of aromatic nitrogens is 3. The van der Waals surface area contributed by atoms with Crippen molar-refractivity contribution < 1.29 is 0 Å². The Morgan fingerprint density at radius 1 is 1.11 bits per heavy atom. The van der Waals surface area contributed by atoms with Crippen LogP contribution < -0.4 is 9.80 Å². The van der Waals surface area contributed by atoms with Crippen molar-refractivity contribution >= 4 is 11.8 Å². The van der Waals surface area contributed by atoms with Crippen LogP contribution in [0.25, 0.3) is 0 Å². The molecule has 1 aromatic rings. The Labute approximate surface area is 116 Å². The summed E-state index contributed by atoms with van der Waals surface area (Å²) in [5.74, 6) is 1.77. The van der Waals surface area contributed by atoms with Gasteiger partial charge in [0.05, 0.1) is 6.20 Å². The van der Waals surface area contributed by atoms with Gasteiger partial charge in [-0.05, 0) is 32.1 Å². The molecule has 0 aromatic carbocycles. The first-order valence-corrected chi connectivity index (χ1v) is 7.54. The average molecular weight is 263 g/mol. The van der Waals surface area contributed by atoms with Crippen molar-refractivity contribution in [3.05, 3.63) is 6.20 Å². The zero-order valence-corrected chi connectivity index (χ0v) is 12.2. The molecule has 0 radical (unpaired) electrons. The molecule has 0 bridgehead atoms. The highest BCUT2D eigenvalue weighted by atomic mass is 15.3. The van der Waals surface area contributed by atoms with Crippen LogP contribution in [0.2, 0.25) is 0 Å². The molecule has 0 N–H and O–H groups in total. The fourth-order valence-electron chi connectivity index (χ4n) is 2.55. The van der Waals surface area contributed by atoms with Crippen LogP contribution in [0.5, 0.6) is 0 Å². The van der Waals surface area contributed by atoms with Gasteiger partial charge in [-0.2, -0.15) is 10.1 Å². The zero-order valence-electron chi connectivity index (χ0n) is 12.2. The average Bonchev–Trinajstić information content (AvgIpc) is 2.48. The molecule has 5 nitrogen and oxygen atoms in total.